The van der Waals surface area contributed by atoms with Gasteiger partial charge in [-0.2, -0.15) is 14.7 Å². The van der Waals surface area contributed by atoms with E-state index in [-0.39, 0.29) is 10.5 Å². The van der Waals surface area contributed by atoms with Gasteiger partial charge in [0, 0.05) is 6.54 Å². The normalized spacial score (nSPS) is 18.9. The molecule has 1 N–H and O–H groups in total. The van der Waals surface area contributed by atoms with Crippen LogP contribution in [0.25, 0.3) is 0 Å². The van der Waals surface area contributed by atoms with Crippen molar-refractivity contribution in [2.45, 2.75) is 30.7 Å². The molecule has 3 rings (SSSR count). The van der Waals surface area contributed by atoms with E-state index in [1.807, 2.05) is 0 Å². The van der Waals surface area contributed by atoms with Crippen LogP contribution in [-0.2, 0) is 10.0 Å². The third-order valence-corrected chi connectivity index (χ3v) is 5.61. The van der Waals surface area contributed by atoms with Crippen molar-refractivity contribution in [3.8, 4) is 6.07 Å². The van der Waals surface area contributed by atoms with Crippen LogP contribution in [0.4, 0.5) is 4.39 Å². The minimum Gasteiger partial charge on any atom is -0.263 e. The van der Waals surface area contributed by atoms with Crippen molar-refractivity contribution in [1.29, 1.82) is 5.26 Å². The first kappa shape index (κ1) is 15.6. The Morgan fingerprint density at radius 3 is 2.87 bits per heavy atom. The summed E-state index contributed by atoms with van der Waals surface area (Å²) < 4.78 is 40.5. The Kier molecular flexibility index (Phi) is 3.87. The highest BCUT2D eigenvalue weighted by atomic mass is 32.2. The van der Waals surface area contributed by atoms with E-state index >= 15 is 0 Å². The number of nitrogens with zero attached hydrogens (tertiary/aromatic N) is 4. The number of nitriles is 1. The maximum Gasteiger partial charge on any atom is 0.243 e. The van der Waals surface area contributed by atoms with E-state index in [9.17, 15) is 12.8 Å². The molecule has 0 amide bonds. The van der Waals surface area contributed by atoms with Gasteiger partial charge >= 0.3 is 0 Å². The largest absolute Gasteiger partial charge is 0.263 e. The molecule has 1 saturated heterocycles. The lowest BCUT2D eigenvalue weighted by molar-refractivity contribution is 0.383. The Hall–Kier alpha value is -2.31. The second-order valence-electron chi connectivity index (χ2n) is 5.34. The van der Waals surface area contributed by atoms with Gasteiger partial charge in [-0.05, 0) is 38.0 Å². The van der Waals surface area contributed by atoms with Crippen LogP contribution < -0.4 is 0 Å². The Bertz CT molecular complexity index is 887. The first-order valence-electron chi connectivity index (χ1n) is 7.03. The smallest absolute Gasteiger partial charge is 0.243 e. The number of benzene rings is 1. The van der Waals surface area contributed by atoms with Gasteiger partial charge < -0.3 is 0 Å². The highest BCUT2D eigenvalue weighted by Crippen LogP contribution is 2.35. The first-order chi connectivity index (χ1) is 10.9. The van der Waals surface area contributed by atoms with Crippen LogP contribution in [-0.4, -0.2) is 34.4 Å². The Morgan fingerprint density at radius 2 is 2.22 bits per heavy atom. The summed E-state index contributed by atoms with van der Waals surface area (Å²) in [6.07, 6.45) is 1.26. The predicted molar refractivity (Wildman–Crippen MR) is 78.1 cm³/mol. The molecule has 1 aliphatic heterocycles. The summed E-state index contributed by atoms with van der Waals surface area (Å²) in [5.41, 5.74) is -0.0342. The summed E-state index contributed by atoms with van der Waals surface area (Å²) >= 11 is 0. The number of nitrogens with one attached hydrogen (secondary N) is 1. The molecule has 0 aliphatic carbocycles. The summed E-state index contributed by atoms with van der Waals surface area (Å²) in [5.74, 6) is 0.245. The molecule has 1 aliphatic rings. The number of aromatic amines is 1. The van der Waals surface area contributed by atoms with Gasteiger partial charge in [0.2, 0.25) is 10.0 Å². The summed E-state index contributed by atoms with van der Waals surface area (Å²) in [5, 5.41) is 15.6. The molecule has 9 heteroatoms. The molecule has 1 aromatic heterocycles. The third kappa shape index (κ3) is 2.83. The summed E-state index contributed by atoms with van der Waals surface area (Å²) in [4.78, 5) is 3.97. The van der Waals surface area contributed by atoms with Crippen molar-refractivity contribution in [3.63, 3.8) is 0 Å². The fraction of sp³-hybridized carbons (Fsp3) is 0.357. The molecular weight excluding hydrogens is 321 g/mol. The van der Waals surface area contributed by atoms with Crippen LogP contribution in [0.3, 0.4) is 0 Å². The zero-order chi connectivity index (χ0) is 16.6. The predicted octanol–water partition coefficient (Wildman–Crippen LogP) is 1.65. The van der Waals surface area contributed by atoms with Crippen LogP contribution in [0.15, 0.2) is 23.1 Å². The molecule has 0 spiro atoms. The van der Waals surface area contributed by atoms with Gasteiger partial charge in [-0.1, -0.05) is 0 Å². The van der Waals surface area contributed by atoms with Crippen LogP contribution in [0.2, 0.25) is 0 Å². The first-order valence-corrected chi connectivity index (χ1v) is 8.47. The molecule has 7 nitrogen and oxygen atoms in total. The molecule has 0 radical (unpaired) electrons. The number of H-pyrrole nitrogens is 1. The second kappa shape index (κ2) is 5.72. The van der Waals surface area contributed by atoms with Crippen molar-refractivity contribution in [3.05, 3.63) is 41.2 Å². The molecule has 23 heavy (non-hydrogen) atoms. The van der Waals surface area contributed by atoms with Gasteiger partial charge in [-0.25, -0.2) is 17.8 Å². The van der Waals surface area contributed by atoms with Crippen LogP contribution in [0.5, 0.6) is 0 Å². The molecule has 1 aromatic carbocycles. The Labute approximate surface area is 132 Å². The molecule has 2 heterocycles. The van der Waals surface area contributed by atoms with E-state index in [1.54, 1.807) is 13.0 Å². The number of aryl methyl sites for hydroxylation is 1. The number of hydrogen-bond acceptors (Lipinski definition) is 5. The third-order valence-electron chi connectivity index (χ3n) is 3.72. The van der Waals surface area contributed by atoms with E-state index in [0.717, 1.165) is 12.1 Å². The van der Waals surface area contributed by atoms with Gasteiger partial charge in [0.25, 0.3) is 0 Å². The zero-order valence-electron chi connectivity index (χ0n) is 12.3. The number of halogens is 1. The van der Waals surface area contributed by atoms with Crippen LogP contribution in [0, 0.1) is 24.1 Å². The topological polar surface area (TPSA) is 103 Å². The second-order valence-corrected chi connectivity index (χ2v) is 7.23. The van der Waals surface area contributed by atoms with Crippen molar-refractivity contribution >= 4 is 10.0 Å². The molecule has 1 fully saturated rings. The Balaban J connectivity index is 2.02. The standard InChI is InChI=1S/C14H14FN5O2S/c1-9-17-14(19-18-9)13-3-2-4-20(13)23(21,22)12-6-10(8-16)5-11(15)7-12/h5-7,13H,2-4H2,1H3,(H,17,18,19)/t13-/m0/s1. The summed E-state index contributed by atoms with van der Waals surface area (Å²) in [7, 11) is -3.93. The van der Waals surface area contributed by atoms with E-state index in [4.69, 9.17) is 5.26 Å². The van der Waals surface area contributed by atoms with E-state index in [2.05, 4.69) is 15.2 Å². The van der Waals surface area contributed by atoms with E-state index < -0.39 is 21.9 Å². The van der Waals surface area contributed by atoms with Crippen molar-refractivity contribution in [2.75, 3.05) is 6.54 Å². The SMILES string of the molecule is Cc1nc([C@@H]2CCCN2S(=O)(=O)c2cc(F)cc(C#N)c2)n[nH]1. The van der Waals surface area contributed by atoms with Gasteiger partial charge in [0.05, 0.1) is 22.6 Å². The zero-order valence-corrected chi connectivity index (χ0v) is 13.1. The number of rotatable bonds is 3. The molecular formula is C14H14FN5O2S. The molecule has 1 atom stereocenters. The fourth-order valence-electron chi connectivity index (χ4n) is 2.71. The maximum atomic E-state index is 13.6. The monoisotopic (exact) mass is 335 g/mol. The number of sulfonamides is 1. The van der Waals surface area contributed by atoms with Gasteiger partial charge in [-0.3, -0.25) is 5.10 Å². The number of hydrogen-bond donors (Lipinski definition) is 1. The lowest BCUT2D eigenvalue weighted by Gasteiger charge is -2.22. The van der Waals surface area contributed by atoms with E-state index in [0.29, 0.717) is 31.0 Å². The van der Waals surface area contributed by atoms with Gasteiger partial charge in [0.15, 0.2) is 5.82 Å². The fourth-order valence-corrected chi connectivity index (χ4v) is 4.42. The summed E-state index contributed by atoms with van der Waals surface area (Å²) in [6.45, 7) is 2.04. The van der Waals surface area contributed by atoms with Gasteiger partial charge in [0.1, 0.15) is 11.6 Å². The van der Waals surface area contributed by atoms with Crippen LogP contribution in [0.1, 0.15) is 36.1 Å². The van der Waals surface area contributed by atoms with Crippen LogP contribution >= 0.6 is 0 Å². The quantitative estimate of drug-likeness (QED) is 0.918. The molecule has 0 saturated carbocycles. The van der Waals surface area contributed by atoms with Crippen molar-refractivity contribution in [1.82, 2.24) is 19.5 Å². The lowest BCUT2D eigenvalue weighted by Crippen LogP contribution is -2.31. The lowest BCUT2D eigenvalue weighted by atomic mass is 10.2. The average Bonchev–Trinajstić information content (AvgIpc) is 3.15. The highest BCUT2D eigenvalue weighted by molar-refractivity contribution is 7.89. The summed E-state index contributed by atoms with van der Waals surface area (Å²) in [6, 6.07) is 4.38. The molecule has 0 unspecified atom stereocenters. The minimum atomic E-state index is -3.93. The molecule has 0 bridgehead atoms. The van der Waals surface area contributed by atoms with Crippen molar-refractivity contribution < 1.29 is 12.8 Å². The Morgan fingerprint density at radius 1 is 1.43 bits per heavy atom. The minimum absolute atomic E-state index is 0.0342. The maximum absolute atomic E-state index is 13.6. The highest BCUT2D eigenvalue weighted by Gasteiger charge is 2.38. The number of aromatic nitrogens is 3. The van der Waals surface area contributed by atoms with Crippen molar-refractivity contribution in [2.24, 2.45) is 0 Å². The average molecular weight is 335 g/mol. The molecule has 2 aromatic rings. The van der Waals surface area contributed by atoms with E-state index in [1.165, 1.54) is 10.4 Å². The molecule has 120 valence electrons. The van der Waals surface area contributed by atoms with Gasteiger partial charge in [-0.15, -0.1) is 0 Å².